The number of carboxylic acid groups (broad SMARTS) is 1. The first kappa shape index (κ1) is 27.7. The fraction of sp³-hybridized carbons (Fsp3) is 0.281. The van der Waals surface area contributed by atoms with Crippen LogP contribution in [-0.2, 0) is 11.2 Å². The molecule has 214 valence electrons. The molecule has 0 aliphatic carbocycles. The van der Waals surface area contributed by atoms with Gasteiger partial charge in [0, 0.05) is 48.5 Å². The normalized spacial score (nSPS) is 15.6. The van der Waals surface area contributed by atoms with Crippen LogP contribution in [0.15, 0.2) is 66.7 Å². The Kier molecular flexibility index (Phi) is 7.51. The molecule has 0 saturated carbocycles. The molecule has 0 unspecified atom stereocenters. The number of nitrogens with one attached hydrogen (secondary N) is 1. The number of amides is 2. The molecule has 2 N–H and O–H groups in total. The van der Waals surface area contributed by atoms with Crippen molar-refractivity contribution in [2.45, 2.75) is 44.2 Å². The predicted molar refractivity (Wildman–Crippen MR) is 158 cm³/mol. The van der Waals surface area contributed by atoms with Gasteiger partial charge in [0.2, 0.25) is 0 Å². The van der Waals surface area contributed by atoms with Crippen LogP contribution < -0.4 is 10.1 Å². The molecule has 3 aromatic carbocycles. The lowest BCUT2D eigenvalue weighted by Gasteiger charge is -2.44. The molecule has 3 heterocycles. The average Bonchev–Trinajstić information content (AvgIpc) is 2.99. The molecular weight excluding hydrogens is 556 g/mol. The first-order chi connectivity index (χ1) is 20.3. The molecule has 42 heavy (non-hydrogen) atoms. The van der Waals surface area contributed by atoms with Gasteiger partial charge in [0.25, 0.3) is 11.8 Å². The van der Waals surface area contributed by atoms with Crippen molar-refractivity contribution in [2.24, 2.45) is 0 Å². The number of carbonyl (C=O) groups is 3. The van der Waals surface area contributed by atoms with E-state index in [1.165, 1.54) is 0 Å². The molecule has 1 fully saturated rings. The molecule has 2 aliphatic heterocycles. The number of benzene rings is 3. The molecule has 2 amide bonds. The van der Waals surface area contributed by atoms with Gasteiger partial charge in [0.05, 0.1) is 28.0 Å². The van der Waals surface area contributed by atoms with E-state index in [0.717, 1.165) is 11.3 Å². The summed E-state index contributed by atoms with van der Waals surface area (Å²) in [4.78, 5) is 48.7. The van der Waals surface area contributed by atoms with Crippen LogP contribution in [0.4, 0.5) is 0 Å². The SMILES string of the molecule is O=C(O)CCCCc1nc2cc(C(=O)N3CCC4(CC3)NC(=O)c3ccccc3O4)ccc2nc1-c1ccc(Cl)cc1. The second-order valence-corrected chi connectivity index (χ2v) is 11.1. The number of unbranched alkanes of at least 4 members (excludes halogenated alkanes) is 1. The first-order valence-corrected chi connectivity index (χ1v) is 14.4. The van der Waals surface area contributed by atoms with Crippen LogP contribution in [-0.4, -0.2) is 56.6 Å². The van der Waals surface area contributed by atoms with Gasteiger partial charge in [0.1, 0.15) is 5.75 Å². The quantitative estimate of drug-likeness (QED) is 0.275. The molecule has 1 saturated heterocycles. The minimum absolute atomic E-state index is 0.0916. The lowest BCUT2D eigenvalue weighted by molar-refractivity contribution is -0.137. The zero-order valence-corrected chi connectivity index (χ0v) is 23.6. The van der Waals surface area contributed by atoms with Crippen molar-refractivity contribution in [3.63, 3.8) is 0 Å². The van der Waals surface area contributed by atoms with Crippen LogP contribution in [0.1, 0.15) is 58.5 Å². The Morgan fingerprint density at radius 1 is 0.976 bits per heavy atom. The van der Waals surface area contributed by atoms with Gasteiger partial charge >= 0.3 is 5.97 Å². The maximum absolute atomic E-state index is 13.5. The highest BCUT2D eigenvalue weighted by Crippen LogP contribution is 2.34. The fourth-order valence-electron chi connectivity index (χ4n) is 5.54. The van der Waals surface area contributed by atoms with Crippen molar-refractivity contribution >= 4 is 40.4 Å². The number of nitrogens with zero attached hydrogens (tertiary/aromatic N) is 3. The third kappa shape index (κ3) is 5.65. The summed E-state index contributed by atoms with van der Waals surface area (Å²) < 4.78 is 6.21. The highest BCUT2D eigenvalue weighted by Gasteiger charge is 2.43. The third-order valence-corrected chi connectivity index (χ3v) is 8.04. The number of hydrogen-bond acceptors (Lipinski definition) is 6. The molecule has 0 bridgehead atoms. The van der Waals surface area contributed by atoms with Crippen LogP contribution in [0.3, 0.4) is 0 Å². The van der Waals surface area contributed by atoms with Crippen molar-refractivity contribution in [1.82, 2.24) is 20.2 Å². The van der Waals surface area contributed by atoms with E-state index in [-0.39, 0.29) is 18.2 Å². The summed E-state index contributed by atoms with van der Waals surface area (Å²) in [6.07, 6.45) is 2.75. The topological polar surface area (TPSA) is 122 Å². The van der Waals surface area contributed by atoms with Gasteiger partial charge < -0.3 is 20.1 Å². The molecule has 6 rings (SSSR count). The summed E-state index contributed by atoms with van der Waals surface area (Å²) in [6.45, 7) is 0.852. The number of aryl methyl sites for hydroxylation is 1. The minimum atomic E-state index is -0.829. The number of aliphatic carboxylic acids is 1. The smallest absolute Gasteiger partial charge is 0.303 e. The monoisotopic (exact) mass is 584 g/mol. The molecular formula is C32H29ClN4O5. The largest absolute Gasteiger partial charge is 0.481 e. The Balaban J connectivity index is 1.22. The minimum Gasteiger partial charge on any atom is -0.481 e. The van der Waals surface area contributed by atoms with Gasteiger partial charge in [-0.25, -0.2) is 9.97 Å². The van der Waals surface area contributed by atoms with Crippen LogP contribution in [0.25, 0.3) is 22.3 Å². The number of halogens is 1. The van der Waals surface area contributed by atoms with Gasteiger partial charge in [-0.3, -0.25) is 14.4 Å². The number of likely N-dealkylation sites (tertiary alicyclic amines) is 1. The van der Waals surface area contributed by atoms with Crippen LogP contribution >= 0.6 is 11.6 Å². The maximum Gasteiger partial charge on any atom is 0.303 e. The molecule has 9 nitrogen and oxygen atoms in total. The van der Waals surface area contributed by atoms with Crippen molar-refractivity contribution in [3.8, 4) is 17.0 Å². The van der Waals surface area contributed by atoms with Crippen molar-refractivity contribution in [2.75, 3.05) is 13.1 Å². The highest BCUT2D eigenvalue weighted by molar-refractivity contribution is 6.30. The second kappa shape index (κ2) is 11.4. The first-order valence-electron chi connectivity index (χ1n) is 14.0. The molecule has 4 aromatic rings. The summed E-state index contributed by atoms with van der Waals surface area (Å²) in [6, 6.07) is 19.9. The van der Waals surface area contributed by atoms with E-state index < -0.39 is 11.7 Å². The highest BCUT2D eigenvalue weighted by atomic mass is 35.5. The lowest BCUT2D eigenvalue weighted by Crippen LogP contribution is -2.61. The van der Waals surface area contributed by atoms with E-state index in [2.05, 4.69) is 5.32 Å². The average molecular weight is 585 g/mol. The summed E-state index contributed by atoms with van der Waals surface area (Å²) in [5.74, 6) is -0.556. The van der Waals surface area contributed by atoms with Gasteiger partial charge in [-0.15, -0.1) is 0 Å². The molecule has 1 aromatic heterocycles. The van der Waals surface area contributed by atoms with Crippen molar-refractivity contribution < 1.29 is 24.2 Å². The van der Waals surface area contributed by atoms with Gasteiger partial charge in [-0.1, -0.05) is 35.9 Å². The third-order valence-electron chi connectivity index (χ3n) is 7.79. The summed E-state index contributed by atoms with van der Waals surface area (Å²) in [7, 11) is 0. The van der Waals surface area contributed by atoms with Gasteiger partial charge in [0.15, 0.2) is 5.72 Å². The Morgan fingerprint density at radius 3 is 2.50 bits per heavy atom. The summed E-state index contributed by atoms with van der Waals surface area (Å²) in [5, 5.41) is 12.6. The fourth-order valence-corrected chi connectivity index (χ4v) is 5.67. The van der Waals surface area contributed by atoms with E-state index in [1.807, 2.05) is 18.2 Å². The lowest BCUT2D eigenvalue weighted by atomic mass is 9.96. The molecule has 0 radical (unpaired) electrons. The van der Waals surface area contributed by atoms with Crippen LogP contribution in [0.2, 0.25) is 5.02 Å². The number of carboxylic acids is 1. The number of para-hydroxylation sites is 1. The van der Waals surface area contributed by atoms with Crippen molar-refractivity contribution in [3.05, 3.63) is 88.6 Å². The molecule has 1 spiro atoms. The van der Waals surface area contributed by atoms with E-state index >= 15 is 0 Å². The number of rotatable bonds is 7. The summed E-state index contributed by atoms with van der Waals surface area (Å²) in [5.41, 5.74) is 3.76. The second-order valence-electron chi connectivity index (χ2n) is 10.7. The molecule has 2 aliphatic rings. The van der Waals surface area contributed by atoms with E-state index in [1.54, 1.807) is 53.4 Å². The number of ether oxygens (including phenoxy) is 1. The van der Waals surface area contributed by atoms with Crippen LogP contribution in [0, 0.1) is 0 Å². The van der Waals surface area contributed by atoms with Gasteiger partial charge in [-0.2, -0.15) is 0 Å². The number of aromatic nitrogens is 2. The summed E-state index contributed by atoms with van der Waals surface area (Å²) >= 11 is 6.09. The Labute approximate surface area is 247 Å². The molecule has 0 atom stereocenters. The Hall–Kier alpha value is -4.50. The number of carbonyl (C=O) groups excluding carboxylic acids is 2. The Morgan fingerprint density at radius 2 is 1.74 bits per heavy atom. The van der Waals surface area contributed by atoms with Gasteiger partial charge in [-0.05, 0) is 61.7 Å². The van der Waals surface area contributed by atoms with E-state index in [4.69, 9.17) is 31.4 Å². The van der Waals surface area contributed by atoms with Crippen molar-refractivity contribution in [1.29, 1.82) is 0 Å². The Bertz CT molecular complexity index is 1680. The number of hydrogen-bond donors (Lipinski definition) is 2. The maximum atomic E-state index is 13.5. The predicted octanol–water partition coefficient (Wildman–Crippen LogP) is 5.50. The number of fused-ring (bicyclic) bond motifs is 2. The number of piperidine rings is 1. The van der Waals surface area contributed by atoms with E-state index in [9.17, 15) is 14.4 Å². The zero-order chi connectivity index (χ0) is 29.3. The zero-order valence-electron chi connectivity index (χ0n) is 22.8. The molecule has 10 heteroatoms. The standard InChI is InChI=1S/C32H29ClN4O5/c33-22-12-9-20(10-13-22)29-25(6-2-4-8-28(38)39)34-26-19-21(11-14-24(26)35-29)31(41)37-17-15-32(16-18-37)36-30(40)23-5-1-3-7-27(23)42-32/h1,3,5,7,9-14,19H,2,4,6,8,15-18H2,(H,36,40)(H,38,39). The van der Waals surface area contributed by atoms with E-state index in [0.29, 0.717) is 83.8 Å². The van der Waals surface area contributed by atoms with Crippen LogP contribution in [0.5, 0.6) is 5.75 Å².